The van der Waals surface area contributed by atoms with Gasteiger partial charge < -0.3 is 10.8 Å². The van der Waals surface area contributed by atoms with Gasteiger partial charge in [-0.05, 0) is 12.1 Å². The molecular weight excluding hydrogens is 160 g/mol. The van der Waals surface area contributed by atoms with Crippen molar-refractivity contribution in [3.63, 3.8) is 0 Å². The molecule has 0 saturated carbocycles. The monoisotopic (exact) mass is 168 g/mol. The summed E-state index contributed by atoms with van der Waals surface area (Å²) in [6.45, 7) is 0.0463. The Kier molecular flexibility index (Phi) is 2.25. The van der Waals surface area contributed by atoms with E-state index in [9.17, 15) is 10.1 Å². The van der Waals surface area contributed by atoms with E-state index < -0.39 is 4.92 Å². The smallest absolute Gasteiger partial charge is 0.274 e. The van der Waals surface area contributed by atoms with Crippen molar-refractivity contribution in [1.82, 2.24) is 0 Å². The van der Waals surface area contributed by atoms with Crippen LogP contribution in [0.3, 0.4) is 0 Å². The second-order valence-electron chi connectivity index (χ2n) is 2.27. The summed E-state index contributed by atoms with van der Waals surface area (Å²) in [4.78, 5) is 9.83. The van der Waals surface area contributed by atoms with E-state index in [-0.39, 0.29) is 18.0 Å². The minimum absolute atomic E-state index is 0.0129. The van der Waals surface area contributed by atoms with Crippen molar-refractivity contribution in [3.05, 3.63) is 33.9 Å². The van der Waals surface area contributed by atoms with Crippen LogP contribution in [0.15, 0.2) is 18.2 Å². The second kappa shape index (κ2) is 3.19. The first-order valence-electron chi connectivity index (χ1n) is 3.31. The first-order chi connectivity index (χ1) is 5.65. The van der Waals surface area contributed by atoms with Crippen LogP contribution in [0, 0.1) is 10.1 Å². The van der Waals surface area contributed by atoms with Gasteiger partial charge in [0.15, 0.2) is 0 Å². The van der Waals surface area contributed by atoms with Crippen LogP contribution in [0.4, 0.5) is 5.69 Å². The van der Waals surface area contributed by atoms with Crippen molar-refractivity contribution in [3.8, 4) is 5.75 Å². The molecule has 0 atom stereocenters. The molecule has 0 radical (unpaired) electrons. The SMILES string of the molecule is NCc1cc(O)ccc1[N+](=O)[O-]. The molecule has 0 heterocycles. The van der Waals surface area contributed by atoms with Crippen LogP contribution >= 0.6 is 0 Å². The summed E-state index contributed by atoms with van der Waals surface area (Å²) >= 11 is 0. The number of nitro groups is 1. The number of hydrogen-bond acceptors (Lipinski definition) is 4. The van der Waals surface area contributed by atoms with Crippen LogP contribution in [0.2, 0.25) is 0 Å². The minimum Gasteiger partial charge on any atom is -0.508 e. The lowest BCUT2D eigenvalue weighted by molar-refractivity contribution is -0.385. The lowest BCUT2D eigenvalue weighted by atomic mass is 10.2. The van der Waals surface area contributed by atoms with Gasteiger partial charge in [0.2, 0.25) is 0 Å². The Morgan fingerprint density at radius 3 is 2.75 bits per heavy atom. The summed E-state index contributed by atoms with van der Waals surface area (Å²) in [6.07, 6.45) is 0. The fourth-order valence-corrected chi connectivity index (χ4v) is 0.914. The van der Waals surface area contributed by atoms with E-state index in [0.29, 0.717) is 5.56 Å². The minimum atomic E-state index is -0.526. The Morgan fingerprint density at radius 1 is 1.58 bits per heavy atom. The van der Waals surface area contributed by atoms with Crippen LogP contribution in [0.25, 0.3) is 0 Å². The third kappa shape index (κ3) is 1.51. The van der Waals surface area contributed by atoms with Gasteiger partial charge in [-0.3, -0.25) is 10.1 Å². The van der Waals surface area contributed by atoms with E-state index in [1.54, 1.807) is 0 Å². The quantitative estimate of drug-likeness (QED) is 0.503. The van der Waals surface area contributed by atoms with Gasteiger partial charge >= 0.3 is 0 Å². The van der Waals surface area contributed by atoms with Crippen molar-refractivity contribution in [2.24, 2.45) is 5.73 Å². The van der Waals surface area contributed by atoms with Gasteiger partial charge in [0.05, 0.1) is 4.92 Å². The maximum atomic E-state index is 10.4. The van der Waals surface area contributed by atoms with Crippen LogP contribution in [-0.4, -0.2) is 10.0 Å². The van der Waals surface area contributed by atoms with Gasteiger partial charge in [0, 0.05) is 18.2 Å². The van der Waals surface area contributed by atoms with Gasteiger partial charge in [-0.25, -0.2) is 0 Å². The Bertz CT molecular complexity index is 312. The van der Waals surface area contributed by atoms with Crippen molar-refractivity contribution < 1.29 is 10.0 Å². The molecule has 0 bridgehead atoms. The Hall–Kier alpha value is -1.62. The van der Waals surface area contributed by atoms with Gasteiger partial charge in [-0.2, -0.15) is 0 Å². The van der Waals surface area contributed by atoms with Crippen molar-refractivity contribution in [1.29, 1.82) is 0 Å². The molecule has 5 heteroatoms. The van der Waals surface area contributed by atoms with E-state index in [1.807, 2.05) is 0 Å². The number of aromatic hydroxyl groups is 1. The highest BCUT2D eigenvalue weighted by Gasteiger charge is 2.11. The molecule has 0 aromatic heterocycles. The van der Waals surface area contributed by atoms with Crippen molar-refractivity contribution in [2.75, 3.05) is 0 Å². The average Bonchev–Trinajstić information content (AvgIpc) is 2.03. The highest BCUT2D eigenvalue weighted by atomic mass is 16.6. The van der Waals surface area contributed by atoms with Crippen LogP contribution in [0.5, 0.6) is 5.75 Å². The number of phenols is 1. The number of nitro benzene ring substituents is 1. The molecule has 0 aliphatic carbocycles. The standard InChI is InChI=1S/C7H8N2O3/c8-4-5-3-6(10)1-2-7(5)9(11)12/h1-3,10H,4,8H2. The van der Waals surface area contributed by atoms with Gasteiger partial charge in [-0.1, -0.05) is 0 Å². The molecule has 64 valence electrons. The van der Waals surface area contributed by atoms with Gasteiger partial charge in [-0.15, -0.1) is 0 Å². The third-order valence-electron chi connectivity index (χ3n) is 1.48. The predicted molar refractivity (Wildman–Crippen MR) is 42.7 cm³/mol. The molecular formula is C7H8N2O3. The Labute approximate surface area is 68.6 Å². The molecule has 0 fully saturated rings. The highest BCUT2D eigenvalue weighted by Crippen LogP contribution is 2.22. The summed E-state index contributed by atoms with van der Waals surface area (Å²) in [7, 11) is 0. The molecule has 12 heavy (non-hydrogen) atoms. The molecule has 1 rings (SSSR count). The van der Waals surface area contributed by atoms with Crippen molar-refractivity contribution in [2.45, 2.75) is 6.54 Å². The predicted octanol–water partition coefficient (Wildman–Crippen LogP) is 0.759. The van der Waals surface area contributed by atoms with Crippen LogP contribution < -0.4 is 5.73 Å². The molecule has 1 aromatic carbocycles. The summed E-state index contributed by atoms with van der Waals surface area (Å²) in [5, 5.41) is 19.3. The Balaban J connectivity index is 3.20. The van der Waals surface area contributed by atoms with E-state index in [4.69, 9.17) is 10.8 Å². The summed E-state index contributed by atoms with van der Waals surface area (Å²) in [5.74, 6) is -0.0129. The molecule has 0 aliphatic rings. The fraction of sp³-hybridized carbons (Fsp3) is 0.143. The van der Waals surface area contributed by atoms with Gasteiger partial charge in [0.1, 0.15) is 5.75 Å². The molecule has 0 spiro atoms. The molecule has 1 aromatic rings. The van der Waals surface area contributed by atoms with E-state index in [1.165, 1.54) is 18.2 Å². The lowest BCUT2D eigenvalue weighted by Crippen LogP contribution is -2.01. The third-order valence-corrected chi connectivity index (χ3v) is 1.48. The lowest BCUT2D eigenvalue weighted by Gasteiger charge is -1.99. The normalized spacial score (nSPS) is 9.75. The Morgan fingerprint density at radius 2 is 2.25 bits per heavy atom. The molecule has 0 amide bonds. The number of benzene rings is 1. The summed E-state index contributed by atoms with van der Waals surface area (Å²) in [6, 6.07) is 3.78. The number of hydrogen-bond donors (Lipinski definition) is 2. The van der Waals surface area contributed by atoms with Crippen molar-refractivity contribution >= 4 is 5.69 Å². The number of nitrogens with two attached hydrogens (primary N) is 1. The zero-order valence-corrected chi connectivity index (χ0v) is 6.23. The molecule has 3 N–H and O–H groups in total. The van der Waals surface area contributed by atoms with E-state index in [0.717, 1.165) is 0 Å². The van der Waals surface area contributed by atoms with E-state index in [2.05, 4.69) is 0 Å². The summed E-state index contributed by atoms with van der Waals surface area (Å²) in [5.41, 5.74) is 5.52. The number of phenolic OH excluding ortho intramolecular Hbond substituents is 1. The second-order valence-corrected chi connectivity index (χ2v) is 2.27. The average molecular weight is 168 g/mol. The van der Waals surface area contributed by atoms with Crippen LogP contribution in [-0.2, 0) is 6.54 Å². The molecule has 0 saturated heterocycles. The fourth-order valence-electron chi connectivity index (χ4n) is 0.914. The largest absolute Gasteiger partial charge is 0.508 e. The topological polar surface area (TPSA) is 89.4 Å². The van der Waals surface area contributed by atoms with Gasteiger partial charge in [0.25, 0.3) is 5.69 Å². The van der Waals surface area contributed by atoms with E-state index >= 15 is 0 Å². The first kappa shape index (κ1) is 8.48. The van der Waals surface area contributed by atoms with Crippen LogP contribution in [0.1, 0.15) is 5.56 Å². The maximum Gasteiger partial charge on any atom is 0.274 e. The first-order valence-corrected chi connectivity index (χ1v) is 3.31. The zero-order chi connectivity index (χ0) is 9.14. The highest BCUT2D eigenvalue weighted by molar-refractivity contribution is 5.44. The maximum absolute atomic E-state index is 10.4. The molecule has 0 aliphatic heterocycles. The molecule has 5 nitrogen and oxygen atoms in total. The molecule has 0 unspecified atom stereocenters. The zero-order valence-electron chi connectivity index (χ0n) is 6.23. The number of rotatable bonds is 2. The summed E-state index contributed by atoms with van der Waals surface area (Å²) < 4.78 is 0. The number of nitrogens with zero attached hydrogens (tertiary/aromatic N) is 1.